The number of thioether (sulfide) groups is 1. The lowest BCUT2D eigenvalue weighted by molar-refractivity contribution is 0.0685. The van der Waals surface area contributed by atoms with Crippen LogP contribution >= 0.6 is 11.8 Å². The highest BCUT2D eigenvalue weighted by Gasteiger charge is 2.31. The first kappa shape index (κ1) is 14.8. The van der Waals surface area contributed by atoms with Gasteiger partial charge in [-0.15, -0.1) is 11.8 Å². The van der Waals surface area contributed by atoms with Gasteiger partial charge < -0.3 is 9.42 Å². The molecule has 4 nitrogen and oxygen atoms in total. The molecule has 23 heavy (non-hydrogen) atoms. The Morgan fingerprint density at radius 3 is 2.87 bits per heavy atom. The van der Waals surface area contributed by atoms with Gasteiger partial charge in [-0.1, -0.05) is 36.6 Å². The van der Waals surface area contributed by atoms with Gasteiger partial charge in [0, 0.05) is 34.9 Å². The summed E-state index contributed by atoms with van der Waals surface area (Å²) in [5, 5.41) is 4.13. The highest BCUT2D eigenvalue weighted by atomic mass is 32.2. The normalized spacial score (nSPS) is 17.4. The topological polar surface area (TPSA) is 46.3 Å². The van der Waals surface area contributed by atoms with E-state index in [4.69, 9.17) is 4.52 Å². The Kier molecular flexibility index (Phi) is 3.89. The van der Waals surface area contributed by atoms with Crippen LogP contribution in [0.5, 0.6) is 0 Å². The van der Waals surface area contributed by atoms with Crippen molar-refractivity contribution in [2.45, 2.75) is 48.8 Å². The predicted molar refractivity (Wildman–Crippen MR) is 90.5 cm³/mol. The van der Waals surface area contributed by atoms with Gasteiger partial charge in [0.1, 0.15) is 0 Å². The highest BCUT2D eigenvalue weighted by Crippen LogP contribution is 2.42. The molecule has 0 saturated heterocycles. The summed E-state index contributed by atoms with van der Waals surface area (Å²) in [6, 6.07) is 8.47. The summed E-state index contributed by atoms with van der Waals surface area (Å²) in [4.78, 5) is 16.0. The fraction of sp³-hybridized carbons (Fsp3) is 0.444. The van der Waals surface area contributed by atoms with Crippen LogP contribution in [-0.4, -0.2) is 29.1 Å². The fourth-order valence-electron chi connectivity index (χ4n) is 3.55. The molecule has 1 saturated carbocycles. The molecule has 2 aromatic rings. The number of carbonyl (C=O) groups excluding carboxylic acids is 1. The van der Waals surface area contributed by atoms with Crippen molar-refractivity contribution in [1.29, 1.82) is 0 Å². The Balaban J connectivity index is 1.64. The maximum atomic E-state index is 12.9. The van der Waals surface area contributed by atoms with Crippen LogP contribution in [-0.2, 0) is 5.75 Å². The lowest BCUT2D eigenvalue weighted by atomic mass is 9.94. The standard InChI is InChI=1S/C18H20N2O2S/c1-20(12-7-3-2-4-8-12)18(21)16-14-11-23-15-10-6-5-9-13(15)17(14)22-19-16/h5-6,9-10,12H,2-4,7-8,11H2,1H3. The third kappa shape index (κ3) is 2.57. The molecule has 0 spiro atoms. The zero-order valence-corrected chi connectivity index (χ0v) is 14.1. The van der Waals surface area contributed by atoms with Gasteiger partial charge in [-0.05, 0) is 25.0 Å². The van der Waals surface area contributed by atoms with Gasteiger partial charge in [-0.2, -0.15) is 0 Å². The summed E-state index contributed by atoms with van der Waals surface area (Å²) < 4.78 is 5.56. The Morgan fingerprint density at radius 2 is 2.04 bits per heavy atom. The molecule has 0 N–H and O–H groups in total. The van der Waals surface area contributed by atoms with E-state index in [0.29, 0.717) is 11.7 Å². The lowest BCUT2D eigenvalue weighted by Gasteiger charge is -2.30. The zero-order valence-electron chi connectivity index (χ0n) is 13.2. The van der Waals surface area contributed by atoms with Crippen LogP contribution in [0.4, 0.5) is 0 Å². The molecule has 5 heteroatoms. The number of fused-ring (bicyclic) bond motifs is 3. The van der Waals surface area contributed by atoms with E-state index >= 15 is 0 Å². The summed E-state index contributed by atoms with van der Waals surface area (Å²) in [5.41, 5.74) is 2.49. The molecule has 1 aromatic carbocycles. The molecule has 4 rings (SSSR count). The second-order valence-electron chi connectivity index (χ2n) is 6.33. The molecule has 1 amide bonds. The van der Waals surface area contributed by atoms with Crippen molar-refractivity contribution in [2.24, 2.45) is 0 Å². The quantitative estimate of drug-likeness (QED) is 0.822. The highest BCUT2D eigenvalue weighted by molar-refractivity contribution is 7.98. The molecule has 1 aromatic heterocycles. The Labute approximate surface area is 140 Å². The summed E-state index contributed by atoms with van der Waals surface area (Å²) >= 11 is 1.74. The minimum Gasteiger partial charge on any atom is -0.355 e. The molecule has 1 aliphatic carbocycles. The van der Waals surface area contributed by atoms with Crippen molar-refractivity contribution in [3.63, 3.8) is 0 Å². The van der Waals surface area contributed by atoms with E-state index in [-0.39, 0.29) is 5.91 Å². The van der Waals surface area contributed by atoms with Crippen molar-refractivity contribution in [1.82, 2.24) is 10.1 Å². The molecule has 0 atom stereocenters. The number of nitrogens with zero attached hydrogens (tertiary/aromatic N) is 2. The molecule has 1 aliphatic heterocycles. The first-order chi connectivity index (χ1) is 11.3. The number of aromatic nitrogens is 1. The van der Waals surface area contributed by atoms with Gasteiger partial charge in [0.25, 0.3) is 5.91 Å². The third-order valence-electron chi connectivity index (χ3n) is 4.94. The van der Waals surface area contributed by atoms with Crippen molar-refractivity contribution in [3.05, 3.63) is 35.5 Å². The molecular formula is C18H20N2O2S. The van der Waals surface area contributed by atoms with Crippen LogP contribution in [0, 0.1) is 0 Å². The van der Waals surface area contributed by atoms with Gasteiger partial charge >= 0.3 is 0 Å². The molecule has 1 fully saturated rings. The largest absolute Gasteiger partial charge is 0.355 e. The second-order valence-corrected chi connectivity index (χ2v) is 7.35. The molecule has 0 radical (unpaired) electrons. The number of amides is 1. The summed E-state index contributed by atoms with van der Waals surface area (Å²) in [6.07, 6.45) is 5.90. The monoisotopic (exact) mass is 328 g/mol. The average molecular weight is 328 g/mol. The SMILES string of the molecule is CN(C(=O)c1noc2c1CSc1ccccc1-2)C1CCCCC1. The van der Waals surface area contributed by atoms with Gasteiger partial charge in [0.2, 0.25) is 0 Å². The molecule has 2 aliphatic rings. The lowest BCUT2D eigenvalue weighted by Crippen LogP contribution is -2.38. The Bertz CT molecular complexity index is 734. The Hall–Kier alpha value is -1.75. The van der Waals surface area contributed by atoms with E-state index in [2.05, 4.69) is 11.2 Å². The van der Waals surface area contributed by atoms with Crippen LogP contribution in [0.1, 0.15) is 48.2 Å². The first-order valence-electron chi connectivity index (χ1n) is 8.23. The third-order valence-corrected chi connectivity index (χ3v) is 6.04. The zero-order chi connectivity index (χ0) is 15.8. The van der Waals surface area contributed by atoms with E-state index in [1.807, 2.05) is 30.1 Å². The van der Waals surface area contributed by atoms with Crippen molar-refractivity contribution < 1.29 is 9.32 Å². The molecular weight excluding hydrogens is 308 g/mol. The number of hydrogen-bond donors (Lipinski definition) is 0. The number of hydrogen-bond acceptors (Lipinski definition) is 4. The van der Waals surface area contributed by atoms with Gasteiger partial charge in [0.05, 0.1) is 0 Å². The van der Waals surface area contributed by atoms with E-state index < -0.39 is 0 Å². The fourth-order valence-corrected chi connectivity index (χ4v) is 4.61. The van der Waals surface area contributed by atoms with Gasteiger partial charge in [0.15, 0.2) is 11.5 Å². The van der Waals surface area contributed by atoms with Crippen LogP contribution in [0.2, 0.25) is 0 Å². The molecule has 0 bridgehead atoms. The number of carbonyl (C=O) groups is 1. The molecule has 120 valence electrons. The first-order valence-corrected chi connectivity index (χ1v) is 9.22. The average Bonchev–Trinajstić information content (AvgIpc) is 3.05. The van der Waals surface area contributed by atoms with Crippen molar-refractivity contribution >= 4 is 17.7 Å². The number of rotatable bonds is 2. The smallest absolute Gasteiger partial charge is 0.276 e. The van der Waals surface area contributed by atoms with Crippen LogP contribution < -0.4 is 0 Å². The predicted octanol–water partition coefficient (Wildman–Crippen LogP) is 4.35. The van der Waals surface area contributed by atoms with Crippen LogP contribution in [0.25, 0.3) is 11.3 Å². The van der Waals surface area contributed by atoms with Gasteiger partial charge in [-0.25, -0.2) is 0 Å². The second kappa shape index (κ2) is 6.04. The van der Waals surface area contributed by atoms with Crippen LogP contribution in [0.3, 0.4) is 0 Å². The van der Waals surface area contributed by atoms with E-state index in [1.54, 1.807) is 11.8 Å². The maximum Gasteiger partial charge on any atom is 0.276 e. The van der Waals surface area contributed by atoms with Crippen LogP contribution in [0.15, 0.2) is 33.7 Å². The summed E-state index contributed by atoms with van der Waals surface area (Å²) in [5.74, 6) is 1.51. The summed E-state index contributed by atoms with van der Waals surface area (Å²) in [6.45, 7) is 0. The molecule has 0 unspecified atom stereocenters. The van der Waals surface area contributed by atoms with E-state index in [1.165, 1.54) is 24.2 Å². The number of benzene rings is 1. The summed E-state index contributed by atoms with van der Waals surface area (Å²) in [7, 11) is 1.91. The Morgan fingerprint density at radius 1 is 1.26 bits per heavy atom. The van der Waals surface area contributed by atoms with Crippen molar-refractivity contribution in [2.75, 3.05) is 7.05 Å². The maximum absolute atomic E-state index is 12.9. The van der Waals surface area contributed by atoms with Crippen molar-refractivity contribution in [3.8, 4) is 11.3 Å². The molecule has 2 heterocycles. The minimum absolute atomic E-state index is 0.00174. The van der Waals surface area contributed by atoms with E-state index in [9.17, 15) is 4.79 Å². The minimum atomic E-state index is 0.00174. The van der Waals surface area contributed by atoms with Gasteiger partial charge in [-0.3, -0.25) is 4.79 Å². The van der Waals surface area contributed by atoms with E-state index in [0.717, 1.165) is 35.5 Å².